The Morgan fingerprint density at radius 2 is 1.85 bits per heavy atom. The number of rotatable bonds is 5. The van der Waals surface area contributed by atoms with E-state index in [0.717, 1.165) is 44.7 Å². The van der Waals surface area contributed by atoms with Crippen LogP contribution >= 0.6 is 11.6 Å². The van der Waals surface area contributed by atoms with Crippen molar-refractivity contribution in [3.63, 3.8) is 0 Å². The van der Waals surface area contributed by atoms with E-state index in [9.17, 15) is 4.79 Å². The first-order chi connectivity index (χ1) is 16.1. The zero-order valence-electron chi connectivity index (χ0n) is 20.3. The number of nitrogens with zero attached hydrogens (tertiary/aromatic N) is 6. The Morgan fingerprint density at radius 3 is 2.47 bits per heavy atom. The molecule has 34 heavy (non-hydrogen) atoms. The fraction of sp³-hybridized carbons (Fsp3) is 0.320. The fourth-order valence-electron chi connectivity index (χ4n) is 4.24. The lowest BCUT2D eigenvalue weighted by atomic mass is 9.94. The summed E-state index contributed by atoms with van der Waals surface area (Å²) in [5.74, 6) is 0.517. The number of aryl methyl sites for hydroxylation is 2. The van der Waals surface area contributed by atoms with Crippen molar-refractivity contribution >= 4 is 28.5 Å². The van der Waals surface area contributed by atoms with Gasteiger partial charge in [-0.15, -0.1) is 0 Å². The second-order valence-electron chi connectivity index (χ2n) is 8.48. The van der Waals surface area contributed by atoms with Crippen LogP contribution in [0.4, 0.5) is 0 Å². The highest BCUT2D eigenvalue weighted by Gasteiger charge is 2.25. The van der Waals surface area contributed by atoms with Crippen LogP contribution in [0, 0.1) is 20.8 Å². The lowest BCUT2D eigenvalue weighted by Crippen LogP contribution is -2.22. The van der Waals surface area contributed by atoms with E-state index in [2.05, 4.69) is 15.0 Å². The van der Waals surface area contributed by atoms with Gasteiger partial charge in [-0.2, -0.15) is 5.10 Å². The SMILES string of the molecule is COc1c(C(C)n2nc(C)c3c(C)ncnc32)cc(Cl)c(C)c1-c1ccc(C(=O)N(C)C)nc1. The second-order valence-corrected chi connectivity index (χ2v) is 8.88. The van der Waals surface area contributed by atoms with E-state index in [4.69, 9.17) is 21.4 Å². The van der Waals surface area contributed by atoms with Gasteiger partial charge in [0.25, 0.3) is 5.91 Å². The van der Waals surface area contributed by atoms with Crippen molar-refractivity contribution in [1.82, 2.24) is 29.6 Å². The third-order valence-electron chi connectivity index (χ3n) is 6.06. The summed E-state index contributed by atoms with van der Waals surface area (Å²) in [6, 6.07) is 5.27. The largest absolute Gasteiger partial charge is 0.496 e. The van der Waals surface area contributed by atoms with E-state index >= 15 is 0 Å². The first-order valence-electron chi connectivity index (χ1n) is 10.9. The molecule has 0 spiro atoms. The minimum absolute atomic E-state index is 0.158. The van der Waals surface area contributed by atoms with Crippen LogP contribution in [-0.4, -0.2) is 56.7 Å². The maximum atomic E-state index is 12.3. The van der Waals surface area contributed by atoms with Crippen LogP contribution < -0.4 is 4.74 Å². The predicted octanol–water partition coefficient (Wildman–Crippen LogP) is 4.79. The molecule has 0 aliphatic carbocycles. The average molecular weight is 479 g/mol. The monoisotopic (exact) mass is 478 g/mol. The number of hydrogen-bond donors (Lipinski definition) is 0. The molecule has 3 heterocycles. The molecule has 0 N–H and O–H groups in total. The van der Waals surface area contributed by atoms with Crippen LogP contribution in [0.1, 0.15) is 46.0 Å². The van der Waals surface area contributed by atoms with Gasteiger partial charge < -0.3 is 9.64 Å². The molecule has 1 atom stereocenters. The van der Waals surface area contributed by atoms with Crippen molar-refractivity contribution in [2.24, 2.45) is 0 Å². The van der Waals surface area contributed by atoms with E-state index in [1.165, 1.54) is 4.90 Å². The summed E-state index contributed by atoms with van der Waals surface area (Å²) in [6.07, 6.45) is 3.23. The maximum Gasteiger partial charge on any atom is 0.271 e. The molecule has 9 heteroatoms. The highest BCUT2D eigenvalue weighted by Crippen LogP contribution is 2.43. The van der Waals surface area contributed by atoms with Crippen molar-refractivity contribution in [2.75, 3.05) is 21.2 Å². The number of carbonyl (C=O) groups is 1. The van der Waals surface area contributed by atoms with Gasteiger partial charge in [0.1, 0.15) is 17.8 Å². The number of methoxy groups -OCH3 is 1. The van der Waals surface area contributed by atoms with Gasteiger partial charge in [0, 0.05) is 42.0 Å². The van der Waals surface area contributed by atoms with Gasteiger partial charge in [0.05, 0.1) is 29.9 Å². The summed E-state index contributed by atoms with van der Waals surface area (Å²) in [4.78, 5) is 27.0. The topological polar surface area (TPSA) is 86.0 Å². The highest BCUT2D eigenvalue weighted by molar-refractivity contribution is 6.32. The number of halogens is 1. The number of pyridine rings is 1. The van der Waals surface area contributed by atoms with Crippen LogP contribution in [-0.2, 0) is 0 Å². The molecule has 4 aromatic rings. The minimum atomic E-state index is -0.222. The summed E-state index contributed by atoms with van der Waals surface area (Å²) >= 11 is 6.71. The average Bonchev–Trinajstić information content (AvgIpc) is 3.17. The van der Waals surface area contributed by atoms with Crippen molar-refractivity contribution in [1.29, 1.82) is 0 Å². The maximum absolute atomic E-state index is 12.3. The molecule has 0 saturated heterocycles. The Hall–Kier alpha value is -3.52. The van der Waals surface area contributed by atoms with E-state index in [1.54, 1.807) is 39.8 Å². The smallest absolute Gasteiger partial charge is 0.271 e. The molecule has 1 unspecified atom stereocenters. The second kappa shape index (κ2) is 9.02. The third kappa shape index (κ3) is 3.88. The number of benzene rings is 1. The Kier molecular flexibility index (Phi) is 6.27. The van der Waals surface area contributed by atoms with E-state index < -0.39 is 0 Å². The predicted molar refractivity (Wildman–Crippen MR) is 133 cm³/mol. The summed E-state index contributed by atoms with van der Waals surface area (Å²) in [6.45, 7) is 7.88. The van der Waals surface area contributed by atoms with Gasteiger partial charge in [0.15, 0.2) is 5.65 Å². The van der Waals surface area contributed by atoms with Gasteiger partial charge in [-0.1, -0.05) is 17.7 Å². The molecule has 0 aliphatic heterocycles. The van der Waals surface area contributed by atoms with Crippen LogP contribution in [0.15, 0.2) is 30.7 Å². The van der Waals surface area contributed by atoms with Gasteiger partial charge in [-0.05, 0) is 45.4 Å². The first kappa shape index (κ1) is 23.6. The van der Waals surface area contributed by atoms with Crippen molar-refractivity contribution in [3.8, 4) is 16.9 Å². The molecule has 1 amide bonds. The van der Waals surface area contributed by atoms with Crippen molar-refractivity contribution in [2.45, 2.75) is 33.7 Å². The molecule has 8 nitrogen and oxygen atoms in total. The number of hydrogen-bond acceptors (Lipinski definition) is 6. The lowest BCUT2D eigenvalue weighted by Gasteiger charge is -2.22. The summed E-state index contributed by atoms with van der Waals surface area (Å²) in [7, 11) is 5.03. The molecule has 3 aromatic heterocycles. The molecule has 0 aliphatic rings. The Bertz CT molecular complexity index is 1400. The molecular weight excluding hydrogens is 452 g/mol. The summed E-state index contributed by atoms with van der Waals surface area (Å²) < 4.78 is 7.81. The van der Waals surface area contributed by atoms with Crippen LogP contribution in [0.25, 0.3) is 22.2 Å². The molecule has 176 valence electrons. The molecule has 0 saturated carbocycles. The van der Waals surface area contributed by atoms with Crippen molar-refractivity contribution in [3.05, 3.63) is 64.0 Å². The normalized spacial score (nSPS) is 12.1. The van der Waals surface area contributed by atoms with Crippen LogP contribution in [0.5, 0.6) is 5.75 Å². The molecule has 1 aromatic carbocycles. The third-order valence-corrected chi connectivity index (χ3v) is 6.45. The summed E-state index contributed by atoms with van der Waals surface area (Å²) in [5, 5.41) is 6.31. The van der Waals surface area contributed by atoms with Crippen LogP contribution in [0.3, 0.4) is 0 Å². The summed E-state index contributed by atoms with van der Waals surface area (Å²) in [5.41, 5.74) is 6.23. The zero-order valence-corrected chi connectivity index (χ0v) is 21.1. The molecular formula is C25H27ClN6O2. The van der Waals surface area contributed by atoms with Crippen molar-refractivity contribution < 1.29 is 9.53 Å². The number of ether oxygens (including phenoxy) is 1. The number of aromatic nitrogens is 5. The zero-order chi connectivity index (χ0) is 24.7. The van der Waals surface area contributed by atoms with E-state index in [-0.39, 0.29) is 11.9 Å². The Labute approximate surface area is 203 Å². The Balaban J connectivity index is 1.88. The number of carbonyl (C=O) groups excluding carboxylic acids is 1. The van der Waals surface area contributed by atoms with E-state index in [0.29, 0.717) is 16.5 Å². The van der Waals surface area contributed by atoms with E-state index in [1.807, 2.05) is 44.5 Å². The van der Waals surface area contributed by atoms with Gasteiger partial charge in [-0.3, -0.25) is 9.78 Å². The first-order valence-corrected chi connectivity index (χ1v) is 11.2. The fourth-order valence-corrected chi connectivity index (χ4v) is 4.45. The quantitative estimate of drug-likeness (QED) is 0.410. The molecule has 0 bridgehead atoms. The van der Waals surface area contributed by atoms with Crippen LogP contribution in [0.2, 0.25) is 5.02 Å². The molecule has 0 radical (unpaired) electrons. The number of fused-ring (bicyclic) bond motifs is 1. The molecule has 0 fully saturated rings. The number of amides is 1. The van der Waals surface area contributed by atoms with Gasteiger partial charge in [-0.25, -0.2) is 14.6 Å². The standard InChI is InChI=1S/C25H27ClN6O2/c1-13-19(26)10-18(16(4)32-24-22(15(3)30-32)14(2)28-12-29-24)23(34-7)21(13)17-8-9-20(27-11-17)25(33)31(5)6/h8-12,16H,1-7H3. The minimum Gasteiger partial charge on any atom is -0.496 e. The highest BCUT2D eigenvalue weighted by atomic mass is 35.5. The lowest BCUT2D eigenvalue weighted by molar-refractivity contribution is 0.0822. The Morgan fingerprint density at radius 1 is 1.12 bits per heavy atom. The van der Waals surface area contributed by atoms with Gasteiger partial charge >= 0.3 is 0 Å². The van der Waals surface area contributed by atoms with Gasteiger partial charge in [0.2, 0.25) is 0 Å². The molecule has 4 rings (SSSR count).